The summed E-state index contributed by atoms with van der Waals surface area (Å²) in [5.41, 5.74) is 1.63. The molecule has 1 rings (SSSR count). The second-order valence-corrected chi connectivity index (χ2v) is 3.98. The van der Waals surface area contributed by atoms with Crippen LogP contribution in [0.2, 0.25) is 0 Å². The predicted molar refractivity (Wildman–Crippen MR) is 76.9 cm³/mol. The van der Waals surface area contributed by atoms with Gasteiger partial charge in [0, 0.05) is 25.8 Å². The highest BCUT2D eigenvalue weighted by Crippen LogP contribution is 2.28. The maximum absolute atomic E-state index is 11.4. The molecule has 0 saturated carbocycles. The van der Waals surface area contributed by atoms with E-state index in [1.807, 2.05) is 32.0 Å². The fourth-order valence-electron chi connectivity index (χ4n) is 1.55. The van der Waals surface area contributed by atoms with Crippen LogP contribution in [0.4, 0.5) is 11.4 Å². The molecule has 1 aromatic carbocycles. The highest BCUT2D eigenvalue weighted by atomic mass is 16.5. The summed E-state index contributed by atoms with van der Waals surface area (Å²) in [5.74, 6) is 0.754. The molecule has 0 radical (unpaired) electrons. The van der Waals surface area contributed by atoms with Gasteiger partial charge in [0.05, 0.1) is 12.3 Å². The number of ether oxygens (including phenoxy) is 2. The number of amides is 1. The Morgan fingerprint density at radius 2 is 2.05 bits per heavy atom. The quantitative estimate of drug-likeness (QED) is 0.710. The number of anilines is 2. The minimum absolute atomic E-state index is 0.00417. The summed E-state index contributed by atoms with van der Waals surface area (Å²) >= 11 is 0. The van der Waals surface area contributed by atoms with Gasteiger partial charge in [-0.15, -0.1) is 0 Å². The fraction of sp³-hybridized carbons (Fsp3) is 0.500. The fourth-order valence-corrected chi connectivity index (χ4v) is 1.55. The van der Waals surface area contributed by atoms with Crippen molar-refractivity contribution >= 4 is 17.3 Å². The summed E-state index contributed by atoms with van der Waals surface area (Å²) in [6.07, 6.45) is 0.461. The van der Waals surface area contributed by atoms with E-state index in [9.17, 15) is 4.79 Å². The third kappa shape index (κ3) is 5.18. The van der Waals surface area contributed by atoms with Crippen molar-refractivity contribution in [3.8, 4) is 5.75 Å². The zero-order valence-corrected chi connectivity index (χ0v) is 11.8. The van der Waals surface area contributed by atoms with Crippen LogP contribution in [0.15, 0.2) is 18.2 Å². The lowest BCUT2D eigenvalue weighted by atomic mass is 10.2. The smallest absolute Gasteiger partial charge is 0.224 e. The summed E-state index contributed by atoms with van der Waals surface area (Å²) in [6, 6.07) is 5.55. The van der Waals surface area contributed by atoms with Crippen molar-refractivity contribution in [1.82, 2.24) is 0 Å². The SMILES string of the molecule is CCNc1cc(NC(=O)CC)ccc1OCCOC. The van der Waals surface area contributed by atoms with Crippen LogP contribution in [0.5, 0.6) is 5.75 Å². The van der Waals surface area contributed by atoms with Crippen LogP contribution in [0.3, 0.4) is 0 Å². The lowest BCUT2D eigenvalue weighted by Gasteiger charge is -2.14. The Morgan fingerprint density at radius 1 is 1.26 bits per heavy atom. The van der Waals surface area contributed by atoms with E-state index in [0.29, 0.717) is 19.6 Å². The Hall–Kier alpha value is -1.75. The van der Waals surface area contributed by atoms with Crippen LogP contribution >= 0.6 is 0 Å². The van der Waals surface area contributed by atoms with E-state index in [2.05, 4.69) is 10.6 Å². The van der Waals surface area contributed by atoms with E-state index in [4.69, 9.17) is 9.47 Å². The molecule has 1 amide bonds. The Bertz CT molecular complexity index is 408. The molecule has 0 unspecified atom stereocenters. The van der Waals surface area contributed by atoms with Crippen molar-refractivity contribution in [1.29, 1.82) is 0 Å². The first kappa shape index (κ1) is 15.3. The summed E-state index contributed by atoms with van der Waals surface area (Å²) in [5, 5.41) is 6.04. The molecule has 0 aliphatic carbocycles. The number of benzene rings is 1. The standard InChI is InChI=1S/C14H22N2O3/c1-4-14(17)16-11-6-7-13(19-9-8-18-3)12(10-11)15-5-2/h6-7,10,15H,4-5,8-9H2,1-3H3,(H,16,17). The molecule has 0 aliphatic rings. The van der Waals surface area contributed by atoms with Crippen LogP contribution in [0.1, 0.15) is 20.3 Å². The van der Waals surface area contributed by atoms with E-state index in [1.165, 1.54) is 0 Å². The number of methoxy groups -OCH3 is 1. The third-order valence-electron chi connectivity index (χ3n) is 2.50. The van der Waals surface area contributed by atoms with E-state index in [1.54, 1.807) is 7.11 Å². The first-order valence-electron chi connectivity index (χ1n) is 6.50. The van der Waals surface area contributed by atoms with Crippen molar-refractivity contribution in [2.75, 3.05) is 37.5 Å². The minimum atomic E-state index is -0.00417. The number of hydrogen-bond donors (Lipinski definition) is 2. The van der Waals surface area contributed by atoms with E-state index in [-0.39, 0.29) is 5.91 Å². The number of nitrogens with one attached hydrogen (secondary N) is 2. The number of rotatable bonds is 8. The Balaban J connectivity index is 2.78. The van der Waals surface area contributed by atoms with Gasteiger partial charge in [-0.2, -0.15) is 0 Å². The van der Waals surface area contributed by atoms with Gasteiger partial charge in [-0.1, -0.05) is 6.92 Å². The summed E-state index contributed by atoms with van der Waals surface area (Å²) in [7, 11) is 1.64. The number of carbonyl (C=O) groups is 1. The number of carbonyl (C=O) groups excluding carboxylic acids is 1. The van der Waals surface area contributed by atoms with Gasteiger partial charge in [0.1, 0.15) is 12.4 Å². The van der Waals surface area contributed by atoms with Gasteiger partial charge in [0.25, 0.3) is 0 Å². The molecular weight excluding hydrogens is 244 g/mol. The van der Waals surface area contributed by atoms with Crippen LogP contribution < -0.4 is 15.4 Å². The van der Waals surface area contributed by atoms with Crippen molar-refractivity contribution in [2.45, 2.75) is 20.3 Å². The molecule has 0 fully saturated rings. The van der Waals surface area contributed by atoms with Crippen LogP contribution in [-0.4, -0.2) is 32.8 Å². The monoisotopic (exact) mass is 266 g/mol. The molecule has 5 nitrogen and oxygen atoms in total. The zero-order valence-electron chi connectivity index (χ0n) is 11.8. The Labute approximate surface area is 114 Å². The maximum atomic E-state index is 11.4. The van der Waals surface area contributed by atoms with Crippen molar-refractivity contribution < 1.29 is 14.3 Å². The van der Waals surface area contributed by atoms with Gasteiger partial charge >= 0.3 is 0 Å². The van der Waals surface area contributed by atoms with Gasteiger partial charge in [0.15, 0.2) is 0 Å². The van der Waals surface area contributed by atoms with E-state index >= 15 is 0 Å². The molecule has 2 N–H and O–H groups in total. The van der Waals surface area contributed by atoms with E-state index < -0.39 is 0 Å². The topological polar surface area (TPSA) is 59.6 Å². The summed E-state index contributed by atoms with van der Waals surface area (Å²) < 4.78 is 10.6. The predicted octanol–water partition coefficient (Wildman–Crippen LogP) is 2.49. The van der Waals surface area contributed by atoms with Crippen LogP contribution in [-0.2, 0) is 9.53 Å². The highest BCUT2D eigenvalue weighted by molar-refractivity contribution is 5.91. The second-order valence-electron chi connectivity index (χ2n) is 3.98. The molecule has 0 spiro atoms. The first-order valence-corrected chi connectivity index (χ1v) is 6.50. The maximum Gasteiger partial charge on any atom is 0.224 e. The molecule has 19 heavy (non-hydrogen) atoms. The van der Waals surface area contributed by atoms with Gasteiger partial charge in [0.2, 0.25) is 5.91 Å². The molecule has 0 saturated heterocycles. The van der Waals surface area contributed by atoms with Crippen LogP contribution in [0.25, 0.3) is 0 Å². The summed E-state index contributed by atoms with van der Waals surface area (Å²) in [6.45, 7) is 5.65. The van der Waals surface area contributed by atoms with Crippen molar-refractivity contribution in [3.63, 3.8) is 0 Å². The van der Waals surface area contributed by atoms with E-state index in [0.717, 1.165) is 23.7 Å². The van der Waals surface area contributed by atoms with Gasteiger partial charge < -0.3 is 20.1 Å². The van der Waals surface area contributed by atoms with Gasteiger partial charge in [-0.25, -0.2) is 0 Å². The van der Waals surface area contributed by atoms with Crippen LogP contribution in [0, 0.1) is 0 Å². The Morgan fingerprint density at radius 3 is 2.68 bits per heavy atom. The van der Waals surface area contributed by atoms with Crippen molar-refractivity contribution in [3.05, 3.63) is 18.2 Å². The lowest BCUT2D eigenvalue weighted by molar-refractivity contribution is -0.115. The molecule has 0 atom stereocenters. The third-order valence-corrected chi connectivity index (χ3v) is 2.50. The lowest BCUT2D eigenvalue weighted by Crippen LogP contribution is -2.11. The number of hydrogen-bond acceptors (Lipinski definition) is 4. The van der Waals surface area contributed by atoms with Gasteiger partial charge in [-0.3, -0.25) is 4.79 Å². The molecule has 0 aromatic heterocycles. The average molecular weight is 266 g/mol. The molecule has 0 bridgehead atoms. The molecule has 0 heterocycles. The summed E-state index contributed by atoms with van der Waals surface area (Å²) in [4.78, 5) is 11.4. The minimum Gasteiger partial charge on any atom is -0.489 e. The normalized spacial score (nSPS) is 10.1. The second kappa shape index (κ2) is 8.37. The zero-order chi connectivity index (χ0) is 14.1. The Kier molecular flexibility index (Phi) is 6.74. The van der Waals surface area contributed by atoms with Crippen molar-refractivity contribution in [2.24, 2.45) is 0 Å². The van der Waals surface area contributed by atoms with Gasteiger partial charge in [-0.05, 0) is 25.1 Å². The molecule has 0 aliphatic heterocycles. The molecule has 5 heteroatoms. The molecule has 106 valence electrons. The first-order chi connectivity index (χ1) is 9.21. The molecular formula is C14H22N2O3. The highest BCUT2D eigenvalue weighted by Gasteiger charge is 2.06. The largest absolute Gasteiger partial charge is 0.489 e. The molecule has 1 aromatic rings. The average Bonchev–Trinajstić information content (AvgIpc) is 2.41.